The Hall–Kier alpha value is -1.67. The topological polar surface area (TPSA) is 89.3 Å². The van der Waals surface area contributed by atoms with Crippen LogP contribution in [-0.2, 0) is 10.0 Å². The van der Waals surface area contributed by atoms with Crippen molar-refractivity contribution in [2.24, 2.45) is 0 Å². The van der Waals surface area contributed by atoms with E-state index in [4.69, 9.17) is 4.42 Å². The summed E-state index contributed by atoms with van der Waals surface area (Å²) in [5.74, 6) is 0.0477. The zero-order valence-electron chi connectivity index (χ0n) is 11.5. The second kappa shape index (κ2) is 5.02. The number of carbonyl (C=O) groups is 1. The molecule has 6 nitrogen and oxygen atoms in total. The van der Waals surface area contributed by atoms with Gasteiger partial charge in [0.1, 0.15) is 21.3 Å². The van der Waals surface area contributed by atoms with Gasteiger partial charge in [-0.15, -0.1) is 11.3 Å². The van der Waals surface area contributed by atoms with Crippen molar-refractivity contribution in [1.82, 2.24) is 9.71 Å². The van der Waals surface area contributed by atoms with Gasteiger partial charge in [0.2, 0.25) is 0 Å². The number of amides is 1. The highest BCUT2D eigenvalue weighted by Crippen LogP contribution is 2.21. The Bertz CT molecular complexity index is 771. The number of hydrogen-bond donors (Lipinski definition) is 1. The fraction of sp³-hybridized carbons (Fsp3) is 0.333. The minimum atomic E-state index is -3.94. The van der Waals surface area contributed by atoms with Gasteiger partial charge in [-0.25, -0.2) is 18.1 Å². The van der Waals surface area contributed by atoms with E-state index in [1.807, 2.05) is 4.72 Å². The molecule has 0 aromatic carbocycles. The Morgan fingerprint density at radius 3 is 2.40 bits per heavy atom. The molecule has 108 valence electrons. The van der Waals surface area contributed by atoms with Crippen molar-refractivity contribution >= 4 is 27.3 Å². The lowest BCUT2D eigenvalue weighted by atomic mass is 10.4. The Morgan fingerprint density at radius 2 is 1.95 bits per heavy atom. The minimum absolute atomic E-state index is 0.0257. The molecule has 8 heteroatoms. The molecule has 20 heavy (non-hydrogen) atoms. The number of thiazole rings is 1. The van der Waals surface area contributed by atoms with E-state index in [2.05, 4.69) is 4.98 Å². The molecule has 0 saturated carbocycles. The fourth-order valence-electron chi connectivity index (χ4n) is 1.84. The number of aromatic nitrogens is 1. The van der Waals surface area contributed by atoms with Crippen molar-refractivity contribution in [2.45, 2.75) is 32.6 Å². The summed E-state index contributed by atoms with van der Waals surface area (Å²) >= 11 is 1.16. The van der Waals surface area contributed by atoms with Crippen LogP contribution in [0.25, 0.3) is 0 Å². The molecule has 2 aromatic rings. The predicted molar refractivity (Wildman–Crippen MR) is 74.4 cm³/mol. The van der Waals surface area contributed by atoms with Gasteiger partial charge in [0, 0.05) is 6.07 Å². The minimum Gasteiger partial charge on any atom is -0.465 e. The summed E-state index contributed by atoms with van der Waals surface area (Å²) < 4.78 is 31.5. The number of hydrogen-bond acceptors (Lipinski definition) is 6. The number of aryl methyl sites for hydroxylation is 4. The van der Waals surface area contributed by atoms with Crippen molar-refractivity contribution in [3.05, 3.63) is 33.2 Å². The van der Waals surface area contributed by atoms with Crippen molar-refractivity contribution in [3.8, 4) is 0 Å². The first-order valence-electron chi connectivity index (χ1n) is 5.79. The molecule has 2 aromatic heterocycles. The molecule has 0 saturated heterocycles. The van der Waals surface area contributed by atoms with E-state index < -0.39 is 15.9 Å². The molecule has 0 aliphatic rings. The number of nitrogens with zero attached hydrogens (tertiary/aromatic N) is 1. The first-order valence-corrected chi connectivity index (χ1v) is 8.09. The van der Waals surface area contributed by atoms with Gasteiger partial charge in [0.25, 0.3) is 15.9 Å². The van der Waals surface area contributed by atoms with Gasteiger partial charge in [-0.1, -0.05) is 0 Å². The smallest absolute Gasteiger partial charge is 0.276 e. The standard InChI is InChI=1S/C12H14N2O4S2/c1-6-5-10(8(3)18-6)20(16,17)14-12(15)11-7(2)13-9(4)19-11/h5H,1-4H3,(H,14,15). The third-order valence-corrected chi connectivity index (χ3v) is 5.13. The zero-order valence-corrected chi connectivity index (χ0v) is 13.1. The lowest BCUT2D eigenvalue weighted by Gasteiger charge is -2.04. The van der Waals surface area contributed by atoms with Gasteiger partial charge in [-0.05, 0) is 27.7 Å². The number of sulfonamides is 1. The number of furan rings is 1. The lowest BCUT2D eigenvalue weighted by molar-refractivity contribution is 0.0984. The molecule has 0 bridgehead atoms. The summed E-state index contributed by atoms with van der Waals surface area (Å²) in [5.41, 5.74) is 0.514. The molecule has 2 rings (SSSR count). The Labute approximate surface area is 120 Å². The van der Waals surface area contributed by atoms with Crippen LogP contribution in [0.2, 0.25) is 0 Å². The highest BCUT2D eigenvalue weighted by molar-refractivity contribution is 7.90. The van der Waals surface area contributed by atoms with E-state index >= 15 is 0 Å². The summed E-state index contributed by atoms with van der Waals surface area (Å²) in [6.45, 7) is 6.60. The molecule has 0 radical (unpaired) electrons. The van der Waals surface area contributed by atoms with Gasteiger partial charge in [0.05, 0.1) is 10.7 Å². The molecule has 0 aliphatic heterocycles. The van der Waals surface area contributed by atoms with Crippen LogP contribution in [0, 0.1) is 27.7 Å². The van der Waals surface area contributed by atoms with Crippen LogP contribution in [0.1, 0.15) is 31.9 Å². The van der Waals surface area contributed by atoms with Crippen molar-refractivity contribution < 1.29 is 17.6 Å². The van der Waals surface area contributed by atoms with Gasteiger partial charge < -0.3 is 4.42 Å². The molecule has 0 fully saturated rings. The maximum atomic E-state index is 12.2. The molecule has 1 amide bonds. The van der Waals surface area contributed by atoms with Crippen molar-refractivity contribution in [1.29, 1.82) is 0 Å². The third kappa shape index (κ3) is 2.75. The molecular formula is C12H14N2O4S2. The van der Waals surface area contributed by atoms with Gasteiger partial charge in [0.15, 0.2) is 0 Å². The van der Waals surface area contributed by atoms with Gasteiger partial charge in [-0.3, -0.25) is 4.79 Å². The average Bonchev–Trinajstić information content (AvgIpc) is 2.81. The molecule has 1 N–H and O–H groups in total. The van der Waals surface area contributed by atoms with E-state index in [9.17, 15) is 13.2 Å². The third-order valence-electron chi connectivity index (χ3n) is 2.62. The molecule has 0 unspecified atom stereocenters. The SMILES string of the molecule is Cc1cc(S(=O)(=O)NC(=O)c2sc(C)nc2C)c(C)o1. The maximum absolute atomic E-state index is 12.2. The summed E-state index contributed by atoms with van der Waals surface area (Å²) in [5, 5.41) is 0.709. The van der Waals surface area contributed by atoms with E-state index in [1.165, 1.54) is 13.0 Å². The van der Waals surface area contributed by atoms with E-state index in [0.717, 1.165) is 11.3 Å². The Balaban J connectivity index is 2.31. The number of carbonyl (C=O) groups excluding carboxylic acids is 1. The van der Waals surface area contributed by atoms with Gasteiger partial charge >= 0.3 is 0 Å². The van der Waals surface area contributed by atoms with Crippen LogP contribution in [0.3, 0.4) is 0 Å². The normalized spacial score (nSPS) is 11.6. The molecule has 0 atom stereocenters. The van der Waals surface area contributed by atoms with E-state index in [-0.39, 0.29) is 10.7 Å². The van der Waals surface area contributed by atoms with Crippen molar-refractivity contribution in [3.63, 3.8) is 0 Å². The lowest BCUT2D eigenvalue weighted by Crippen LogP contribution is -2.30. The molecule has 0 aliphatic carbocycles. The number of rotatable bonds is 3. The zero-order chi connectivity index (χ0) is 15.1. The van der Waals surface area contributed by atoms with Crippen molar-refractivity contribution in [2.75, 3.05) is 0 Å². The fourth-order valence-corrected chi connectivity index (χ4v) is 3.92. The quantitative estimate of drug-likeness (QED) is 0.937. The number of nitrogens with one attached hydrogen (secondary N) is 1. The average molecular weight is 314 g/mol. The van der Waals surface area contributed by atoms with E-state index in [1.54, 1.807) is 20.8 Å². The summed E-state index contributed by atoms with van der Waals surface area (Å²) in [4.78, 5) is 16.4. The van der Waals surface area contributed by atoms with Crippen LogP contribution in [-0.4, -0.2) is 19.3 Å². The van der Waals surface area contributed by atoms with Crippen LogP contribution in [0.4, 0.5) is 0 Å². The highest BCUT2D eigenvalue weighted by Gasteiger charge is 2.25. The van der Waals surface area contributed by atoms with Crippen LogP contribution >= 0.6 is 11.3 Å². The van der Waals surface area contributed by atoms with Crippen LogP contribution in [0.5, 0.6) is 0 Å². The van der Waals surface area contributed by atoms with Gasteiger partial charge in [-0.2, -0.15) is 0 Å². The van der Waals surface area contributed by atoms with E-state index in [0.29, 0.717) is 21.3 Å². The second-order valence-electron chi connectivity index (χ2n) is 4.36. The van der Waals surface area contributed by atoms with Crippen LogP contribution in [0.15, 0.2) is 15.4 Å². The molecular weight excluding hydrogens is 300 g/mol. The largest absolute Gasteiger partial charge is 0.465 e. The van der Waals surface area contributed by atoms with Crippen LogP contribution < -0.4 is 4.72 Å². The maximum Gasteiger partial charge on any atom is 0.276 e. The monoisotopic (exact) mass is 314 g/mol. The first kappa shape index (κ1) is 14.7. The summed E-state index contributed by atoms with van der Waals surface area (Å²) in [7, 11) is -3.94. The Kier molecular flexibility index (Phi) is 3.70. The Morgan fingerprint density at radius 1 is 1.30 bits per heavy atom. The molecule has 2 heterocycles. The molecule has 0 spiro atoms. The summed E-state index contributed by atoms with van der Waals surface area (Å²) in [6.07, 6.45) is 0. The highest BCUT2D eigenvalue weighted by atomic mass is 32.2. The first-order chi connectivity index (χ1) is 9.20. The predicted octanol–water partition coefficient (Wildman–Crippen LogP) is 2.09. The summed E-state index contributed by atoms with van der Waals surface area (Å²) in [6, 6.07) is 1.38. The second-order valence-corrected chi connectivity index (χ2v) is 7.21.